The third kappa shape index (κ3) is 3.62. The van der Waals surface area contributed by atoms with Crippen LogP contribution in [0.4, 0.5) is 22.7 Å². The molecule has 2 N–H and O–H groups in total. The van der Waals surface area contributed by atoms with Crippen LogP contribution in [0.15, 0.2) is 105 Å². The van der Waals surface area contributed by atoms with Gasteiger partial charge >= 0.3 is 8.25 Å². The van der Waals surface area contributed by atoms with E-state index in [4.69, 9.17) is 9.05 Å². The molecule has 0 radical (unpaired) electrons. The molecule has 32 heavy (non-hydrogen) atoms. The SMILES string of the molecule is O=[PH](Oc1cccc2c1Nc1ccccc1S2)Oc1cccc2c1Nc1ccccc1S2. The predicted molar refractivity (Wildman–Crippen MR) is 131 cm³/mol. The highest BCUT2D eigenvalue weighted by Crippen LogP contribution is 2.51. The highest BCUT2D eigenvalue weighted by molar-refractivity contribution is 8.00. The monoisotopic (exact) mass is 476 g/mol. The smallest absolute Gasteiger partial charge is 0.416 e. The van der Waals surface area contributed by atoms with E-state index < -0.39 is 8.25 Å². The lowest BCUT2D eigenvalue weighted by Crippen LogP contribution is -2.03. The molecule has 2 heterocycles. The Hall–Kier alpha value is -2.99. The summed E-state index contributed by atoms with van der Waals surface area (Å²) < 4.78 is 24.5. The van der Waals surface area contributed by atoms with E-state index in [9.17, 15) is 4.57 Å². The maximum atomic E-state index is 12.9. The summed E-state index contributed by atoms with van der Waals surface area (Å²) in [7, 11) is -2.86. The van der Waals surface area contributed by atoms with Crippen molar-refractivity contribution in [3.05, 3.63) is 84.9 Å². The first kappa shape index (κ1) is 19.7. The Morgan fingerprint density at radius 1 is 0.562 bits per heavy atom. The number of rotatable bonds is 4. The number of para-hydroxylation sites is 4. The molecule has 0 aliphatic carbocycles. The maximum absolute atomic E-state index is 12.9. The second kappa shape index (κ2) is 8.17. The molecule has 2 aliphatic rings. The number of benzene rings is 4. The zero-order valence-electron chi connectivity index (χ0n) is 16.6. The Balaban J connectivity index is 1.24. The highest BCUT2D eigenvalue weighted by atomic mass is 32.2. The standard InChI is InChI=1S/C24H17N2O3PS2/c27-30(28-17-9-5-13-21-23(17)25-15-7-1-3-11-19(15)31-21)29-18-10-6-14-22-24(18)26-16-8-2-4-12-20(16)32-22/h1-14,25-26,30H. The molecule has 0 spiro atoms. The fraction of sp³-hybridized carbons (Fsp3) is 0. The molecule has 158 valence electrons. The van der Waals surface area contributed by atoms with E-state index >= 15 is 0 Å². The van der Waals surface area contributed by atoms with Crippen molar-refractivity contribution in [2.75, 3.05) is 10.6 Å². The van der Waals surface area contributed by atoms with Crippen LogP contribution in [0.2, 0.25) is 0 Å². The Morgan fingerprint density at radius 2 is 1.00 bits per heavy atom. The van der Waals surface area contributed by atoms with E-state index in [0.29, 0.717) is 11.5 Å². The van der Waals surface area contributed by atoms with Gasteiger partial charge < -0.3 is 19.7 Å². The van der Waals surface area contributed by atoms with Crippen LogP contribution < -0.4 is 19.7 Å². The summed E-state index contributed by atoms with van der Waals surface area (Å²) >= 11 is 3.31. The van der Waals surface area contributed by atoms with Gasteiger partial charge in [-0.3, -0.25) is 0 Å². The summed E-state index contributed by atoms with van der Waals surface area (Å²) in [6.07, 6.45) is 0. The van der Waals surface area contributed by atoms with Gasteiger partial charge in [-0.05, 0) is 48.5 Å². The van der Waals surface area contributed by atoms with Crippen LogP contribution in [0, 0.1) is 0 Å². The predicted octanol–water partition coefficient (Wildman–Crippen LogP) is 7.95. The van der Waals surface area contributed by atoms with E-state index in [1.807, 2.05) is 60.7 Å². The van der Waals surface area contributed by atoms with Gasteiger partial charge in [0.2, 0.25) is 0 Å². The van der Waals surface area contributed by atoms with Crippen molar-refractivity contribution in [2.45, 2.75) is 19.6 Å². The molecule has 0 saturated carbocycles. The minimum Gasteiger partial charge on any atom is -0.416 e. The van der Waals surface area contributed by atoms with Crippen molar-refractivity contribution >= 4 is 54.5 Å². The fourth-order valence-electron chi connectivity index (χ4n) is 3.63. The first-order valence-electron chi connectivity index (χ1n) is 9.98. The third-order valence-corrected chi connectivity index (χ3v) is 8.14. The van der Waals surface area contributed by atoms with Crippen LogP contribution in [-0.2, 0) is 4.57 Å². The normalized spacial score (nSPS) is 13.0. The molecule has 0 aromatic heterocycles. The van der Waals surface area contributed by atoms with Crippen LogP contribution in [-0.4, -0.2) is 0 Å². The zero-order chi connectivity index (χ0) is 21.5. The van der Waals surface area contributed by atoms with Gasteiger partial charge in [0.25, 0.3) is 0 Å². The van der Waals surface area contributed by atoms with Crippen LogP contribution >= 0.6 is 31.8 Å². The first-order valence-corrected chi connectivity index (χ1v) is 12.8. The molecule has 5 nitrogen and oxygen atoms in total. The third-order valence-electron chi connectivity index (χ3n) is 5.10. The Bertz CT molecular complexity index is 1280. The molecule has 0 fully saturated rings. The van der Waals surface area contributed by atoms with Gasteiger partial charge in [0.05, 0.1) is 22.7 Å². The minimum atomic E-state index is -2.86. The Kier molecular flexibility index (Phi) is 5.02. The summed E-state index contributed by atoms with van der Waals surface area (Å²) in [4.78, 5) is 4.31. The van der Waals surface area contributed by atoms with Gasteiger partial charge in [0, 0.05) is 19.6 Å². The van der Waals surface area contributed by atoms with E-state index in [0.717, 1.165) is 42.3 Å². The van der Waals surface area contributed by atoms with Crippen molar-refractivity contribution in [3.63, 3.8) is 0 Å². The number of fused-ring (bicyclic) bond motifs is 4. The Labute approximate surface area is 194 Å². The van der Waals surface area contributed by atoms with Crippen LogP contribution in [0.3, 0.4) is 0 Å². The molecular weight excluding hydrogens is 459 g/mol. The molecular formula is C24H17N2O3PS2. The molecule has 4 aromatic rings. The number of hydrogen-bond acceptors (Lipinski definition) is 7. The summed E-state index contributed by atoms with van der Waals surface area (Å²) in [6, 6.07) is 27.6. The molecule has 0 unspecified atom stereocenters. The molecule has 0 bridgehead atoms. The second-order valence-electron chi connectivity index (χ2n) is 7.16. The highest BCUT2D eigenvalue weighted by Gasteiger charge is 2.22. The molecule has 0 atom stereocenters. The van der Waals surface area contributed by atoms with Gasteiger partial charge in [0.1, 0.15) is 0 Å². The van der Waals surface area contributed by atoms with Gasteiger partial charge in [-0.25, -0.2) is 4.57 Å². The van der Waals surface area contributed by atoms with Gasteiger partial charge in [-0.15, -0.1) is 0 Å². The number of nitrogens with one attached hydrogen (secondary N) is 2. The lowest BCUT2D eigenvalue weighted by molar-refractivity contribution is 0.416. The molecule has 0 amide bonds. The van der Waals surface area contributed by atoms with Crippen LogP contribution in [0.1, 0.15) is 0 Å². The number of hydrogen-bond donors (Lipinski definition) is 2. The zero-order valence-corrected chi connectivity index (χ0v) is 19.3. The van der Waals surface area contributed by atoms with E-state index in [-0.39, 0.29) is 0 Å². The quantitative estimate of drug-likeness (QED) is 0.250. The second-order valence-corrected chi connectivity index (χ2v) is 10.2. The van der Waals surface area contributed by atoms with Gasteiger partial charge in [-0.1, -0.05) is 59.9 Å². The summed E-state index contributed by atoms with van der Waals surface area (Å²) in [5.41, 5.74) is 3.60. The largest absolute Gasteiger partial charge is 0.419 e. The minimum absolute atomic E-state index is 0.505. The molecule has 2 aliphatic heterocycles. The van der Waals surface area contributed by atoms with E-state index in [1.54, 1.807) is 35.7 Å². The van der Waals surface area contributed by atoms with Crippen molar-refractivity contribution in [3.8, 4) is 11.5 Å². The van der Waals surface area contributed by atoms with Gasteiger partial charge in [0.15, 0.2) is 11.5 Å². The molecule has 8 heteroatoms. The van der Waals surface area contributed by atoms with Crippen LogP contribution in [0.5, 0.6) is 11.5 Å². The summed E-state index contributed by atoms with van der Waals surface area (Å²) in [5.74, 6) is 1.01. The molecule has 6 rings (SSSR count). The van der Waals surface area contributed by atoms with Crippen molar-refractivity contribution in [2.24, 2.45) is 0 Å². The lowest BCUT2D eigenvalue weighted by atomic mass is 10.2. The average molecular weight is 477 g/mol. The molecule has 0 saturated heterocycles. The summed E-state index contributed by atoms with van der Waals surface area (Å²) in [5, 5.41) is 6.80. The summed E-state index contributed by atoms with van der Waals surface area (Å²) in [6.45, 7) is 0. The van der Waals surface area contributed by atoms with Crippen LogP contribution in [0.25, 0.3) is 0 Å². The van der Waals surface area contributed by atoms with E-state index in [2.05, 4.69) is 22.8 Å². The van der Waals surface area contributed by atoms with Gasteiger partial charge in [-0.2, -0.15) is 0 Å². The molecule has 4 aromatic carbocycles. The fourth-order valence-corrected chi connectivity index (χ4v) is 6.40. The first-order chi connectivity index (χ1) is 15.7. The van der Waals surface area contributed by atoms with Crippen molar-refractivity contribution < 1.29 is 13.6 Å². The average Bonchev–Trinajstić information content (AvgIpc) is 2.82. The van der Waals surface area contributed by atoms with Crippen molar-refractivity contribution in [1.82, 2.24) is 0 Å². The lowest BCUT2D eigenvalue weighted by Gasteiger charge is -2.24. The number of anilines is 4. The van der Waals surface area contributed by atoms with Crippen molar-refractivity contribution in [1.29, 1.82) is 0 Å². The Morgan fingerprint density at radius 3 is 1.50 bits per heavy atom. The topological polar surface area (TPSA) is 59.6 Å². The van der Waals surface area contributed by atoms with E-state index in [1.165, 1.54) is 0 Å². The maximum Gasteiger partial charge on any atom is 0.419 e.